The van der Waals surface area contributed by atoms with Gasteiger partial charge in [0.1, 0.15) is 15.5 Å². The van der Waals surface area contributed by atoms with E-state index in [1.54, 1.807) is 12.1 Å². The van der Waals surface area contributed by atoms with Crippen molar-refractivity contribution in [2.24, 2.45) is 10.8 Å². The highest BCUT2D eigenvalue weighted by molar-refractivity contribution is 7.91. The highest BCUT2D eigenvalue weighted by Crippen LogP contribution is 2.32. The lowest BCUT2D eigenvalue weighted by Crippen LogP contribution is -2.47. The zero-order chi connectivity index (χ0) is 25.5. The van der Waals surface area contributed by atoms with E-state index in [4.69, 9.17) is 0 Å². The predicted molar refractivity (Wildman–Crippen MR) is 126 cm³/mol. The maximum absolute atomic E-state index is 13.0. The number of pyridine rings is 1. The number of nitrogens with one attached hydrogen (secondary N) is 2. The number of nitrogens with zero attached hydrogens (tertiary/aromatic N) is 1. The Morgan fingerprint density at radius 2 is 1.82 bits per heavy atom. The maximum Gasteiger partial charge on any atom is 0.401 e. The van der Waals surface area contributed by atoms with E-state index in [-0.39, 0.29) is 33.9 Å². The summed E-state index contributed by atoms with van der Waals surface area (Å²) in [6.45, 7) is 9.04. The molecule has 3 rings (SSSR count). The molecule has 34 heavy (non-hydrogen) atoms. The number of carbonyl (C=O) groups excluding carboxylic acids is 1. The molecule has 1 aliphatic heterocycles. The molecule has 0 bridgehead atoms. The number of aryl methyl sites for hydroxylation is 1. The first kappa shape index (κ1) is 26.7. The van der Waals surface area contributed by atoms with Gasteiger partial charge in [-0.25, -0.2) is 13.4 Å². The van der Waals surface area contributed by atoms with Gasteiger partial charge in [0.2, 0.25) is 0 Å². The fourth-order valence-electron chi connectivity index (χ4n) is 4.45. The van der Waals surface area contributed by atoms with Gasteiger partial charge in [-0.1, -0.05) is 33.8 Å². The van der Waals surface area contributed by atoms with Crippen molar-refractivity contribution in [3.63, 3.8) is 0 Å². The molecular weight excluding hydrogens is 467 g/mol. The topological polar surface area (TPSA) is 88.2 Å². The van der Waals surface area contributed by atoms with Gasteiger partial charge in [0.25, 0.3) is 5.91 Å². The second-order valence-corrected chi connectivity index (χ2v) is 13.2. The minimum atomic E-state index is -4.30. The fraction of sp³-hybridized carbons (Fsp3) is 0.667. The van der Waals surface area contributed by atoms with E-state index in [1.807, 2.05) is 34.6 Å². The van der Waals surface area contributed by atoms with Crippen LogP contribution >= 0.6 is 0 Å². The van der Waals surface area contributed by atoms with Gasteiger partial charge in [-0.2, -0.15) is 13.2 Å². The molecule has 2 N–H and O–H groups in total. The Balaban J connectivity index is 1.88. The maximum atomic E-state index is 13.0. The molecule has 1 saturated heterocycles. The highest BCUT2D eigenvalue weighted by Gasteiger charge is 2.34. The van der Waals surface area contributed by atoms with Crippen LogP contribution < -0.4 is 21.2 Å². The van der Waals surface area contributed by atoms with Gasteiger partial charge in [-0.3, -0.25) is 4.79 Å². The lowest BCUT2D eigenvalue weighted by molar-refractivity contribution is -0.125. The Hall–Kier alpha value is -1.94. The van der Waals surface area contributed by atoms with Gasteiger partial charge >= 0.3 is 6.18 Å². The van der Waals surface area contributed by atoms with Crippen LogP contribution in [0.1, 0.15) is 63.0 Å². The van der Waals surface area contributed by atoms with Crippen LogP contribution in [0.2, 0.25) is 0 Å². The van der Waals surface area contributed by atoms with Crippen molar-refractivity contribution < 1.29 is 26.4 Å². The Labute approximate surface area is 199 Å². The van der Waals surface area contributed by atoms with Crippen LogP contribution in [0.5, 0.6) is 0 Å². The monoisotopic (exact) mass is 501 g/mol. The number of rotatable bonds is 5. The molecule has 0 spiro atoms. The van der Waals surface area contributed by atoms with Crippen molar-refractivity contribution in [1.82, 2.24) is 15.6 Å². The number of amides is 1. The van der Waals surface area contributed by atoms with Crippen molar-refractivity contribution in [2.75, 3.05) is 24.6 Å². The molecule has 1 aromatic rings. The minimum Gasteiger partial charge on any atom is -0.350 e. The summed E-state index contributed by atoms with van der Waals surface area (Å²) in [4.78, 5) is 17.6. The summed E-state index contributed by atoms with van der Waals surface area (Å²) >= 11 is 0. The molecule has 1 atom stereocenters. The zero-order valence-electron chi connectivity index (χ0n) is 20.4. The summed E-state index contributed by atoms with van der Waals surface area (Å²) in [6.07, 6.45) is -1.17. The Morgan fingerprint density at radius 1 is 1.21 bits per heavy atom. The number of halogens is 3. The predicted octanol–water partition coefficient (Wildman–Crippen LogP) is 2.24. The Morgan fingerprint density at radius 3 is 2.38 bits per heavy atom. The lowest BCUT2D eigenvalue weighted by atomic mass is 9.79. The number of hydrogen-bond acceptors (Lipinski definition) is 5. The molecule has 10 heteroatoms. The van der Waals surface area contributed by atoms with Crippen molar-refractivity contribution in [2.45, 2.75) is 66.1 Å². The molecule has 6 nitrogen and oxygen atoms in total. The van der Waals surface area contributed by atoms with Crippen LogP contribution in [0.3, 0.4) is 0 Å². The molecule has 1 aliphatic carbocycles. The van der Waals surface area contributed by atoms with Gasteiger partial charge in [0.05, 0.1) is 23.4 Å². The third-order valence-corrected chi connectivity index (χ3v) is 8.41. The second kappa shape index (κ2) is 9.26. The Kier molecular flexibility index (Phi) is 7.26. The summed E-state index contributed by atoms with van der Waals surface area (Å²) < 4.78 is 61.8. The van der Waals surface area contributed by atoms with Crippen LogP contribution in [0.25, 0.3) is 11.6 Å². The summed E-state index contributed by atoms with van der Waals surface area (Å²) in [5.74, 6) is -0.0938. The van der Waals surface area contributed by atoms with E-state index < -0.39 is 28.6 Å². The number of fused-ring (bicyclic) bond motifs is 1. The van der Waals surface area contributed by atoms with E-state index in [9.17, 15) is 26.4 Å². The minimum absolute atomic E-state index is 0.124. The van der Waals surface area contributed by atoms with Crippen molar-refractivity contribution in [1.29, 1.82) is 0 Å². The van der Waals surface area contributed by atoms with Crippen LogP contribution in [-0.2, 0) is 9.84 Å². The molecule has 0 saturated carbocycles. The third-order valence-electron chi connectivity index (χ3n) is 6.75. The average molecular weight is 502 g/mol. The Bertz CT molecular complexity index is 1170. The summed E-state index contributed by atoms with van der Waals surface area (Å²) in [5, 5.41) is 6.90. The largest absolute Gasteiger partial charge is 0.401 e. The molecule has 0 aromatic carbocycles. The summed E-state index contributed by atoms with van der Waals surface area (Å²) in [5.41, 5.74) is 1.27. The van der Waals surface area contributed by atoms with Gasteiger partial charge in [0, 0.05) is 17.8 Å². The summed E-state index contributed by atoms with van der Waals surface area (Å²) in [6, 6.07) is 1.18. The normalized spacial score (nSPS) is 22.0. The van der Waals surface area contributed by atoms with E-state index in [0.29, 0.717) is 31.2 Å². The smallest absolute Gasteiger partial charge is 0.350 e. The van der Waals surface area contributed by atoms with Crippen LogP contribution in [0, 0.1) is 17.8 Å². The molecular formula is C24H34F3N3O3S. The fourth-order valence-corrected chi connectivity index (χ4v) is 6.26. The zero-order valence-corrected chi connectivity index (χ0v) is 21.2. The SMILES string of the molecule is Cc1cc(C(=O)NCC2(C)CCS(=O)(=O)CC2)nc2c1=CC(NCC(F)(F)F)CC=2C(C)(C)C. The van der Waals surface area contributed by atoms with Gasteiger partial charge < -0.3 is 10.6 Å². The van der Waals surface area contributed by atoms with Crippen molar-refractivity contribution in [3.8, 4) is 0 Å². The van der Waals surface area contributed by atoms with Crippen molar-refractivity contribution >= 4 is 27.4 Å². The number of aromatic nitrogens is 1. The van der Waals surface area contributed by atoms with Gasteiger partial charge in [0.15, 0.2) is 0 Å². The molecule has 1 aromatic heterocycles. The first-order valence-corrected chi connectivity index (χ1v) is 13.3. The van der Waals surface area contributed by atoms with E-state index >= 15 is 0 Å². The number of hydrogen-bond donors (Lipinski definition) is 2. The molecule has 190 valence electrons. The second-order valence-electron chi connectivity index (χ2n) is 10.9. The molecule has 1 amide bonds. The molecule has 1 unspecified atom stereocenters. The first-order valence-electron chi connectivity index (χ1n) is 11.5. The van der Waals surface area contributed by atoms with E-state index in [1.165, 1.54) is 0 Å². The van der Waals surface area contributed by atoms with Crippen LogP contribution in [0.4, 0.5) is 13.2 Å². The van der Waals surface area contributed by atoms with E-state index in [0.717, 1.165) is 16.4 Å². The van der Waals surface area contributed by atoms with Crippen molar-refractivity contribution in [3.05, 3.63) is 27.9 Å². The third kappa shape index (κ3) is 6.59. The number of alkyl halides is 3. The average Bonchev–Trinajstić information content (AvgIpc) is 2.71. The molecule has 2 heterocycles. The van der Waals surface area contributed by atoms with Gasteiger partial charge in [-0.15, -0.1) is 0 Å². The standard InChI is InChI=1S/C24H34F3N3O3S/c1-15-10-19(21(31)29-13-23(5)6-8-34(32,33)9-7-23)30-20-17(15)11-16(28-14-24(25,26)27)12-18(20)22(2,3)4/h10-11,16,28H,6-9,12-14H2,1-5H3,(H,29,31). The number of carbonyl (C=O) groups is 1. The highest BCUT2D eigenvalue weighted by atomic mass is 32.2. The molecule has 0 radical (unpaired) electrons. The van der Waals surface area contributed by atoms with Crippen LogP contribution in [-0.4, -0.2) is 56.1 Å². The lowest BCUT2D eigenvalue weighted by Gasteiger charge is -2.33. The molecule has 2 aliphatic rings. The molecule has 1 fully saturated rings. The summed E-state index contributed by atoms with van der Waals surface area (Å²) in [7, 11) is -3.00. The van der Waals surface area contributed by atoms with Gasteiger partial charge in [-0.05, 0) is 54.2 Å². The first-order chi connectivity index (χ1) is 15.5. The van der Waals surface area contributed by atoms with Crippen LogP contribution in [0.15, 0.2) is 6.07 Å². The van der Waals surface area contributed by atoms with E-state index in [2.05, 4.69) is 15.6 Å². The number of sulfone groups is 1. The quantitative estimate of drug-likeness (QED) is 0.646.